The summed E-state index contributed by atoms with van der Waals surface area (Å²) in [7, 11) is 0. The number of benzene rings is 2. The zero-order valence-corrected chi connectivity index (χ0v) is 24.8. The SMILES string of the molecule is C#Cc1c(F)ccc2cc(O)cc(-c3ncc4c(N5C6CC7CC68C(CC58)O7)nc(OC[C@@]56CCCN5C[C@H](F)C6)nc4c3F)c12. The highest BCUT2D eigenvalue weighted by atomic mass is 19.1. The molecule has 1 spiro atoms. The molecule has 6 aliphatic rings. The predicted octanol–water partition coefficient (Wildman–Crippen LogP) is 5.27. The number of fused-ring (bicyclic) bond motifs is 4. The number of phenols is 1. The zero-order valence-electron chi connectivity index (χ0n) is 24.8. The minimum absolute atomic E-state index is 0.00644. The van der Waals surface area contributed by atoms with Crippen LogP contribution in [0.4, 0.5) is 19.0 Å². The lowest BCUT2D eigenvalue weighted by Gasteiger charge is -2.71. The molecular formula is C35H30F3N5O3. The Balaban J connectivity index is 1.13. The van der Waals surface area contributed by atoms with Crippen LogP contribution in [-0.4, -0.2) is 80.7 Å². The Kier molecular flexibility index (Phi) is 5.29. The van der Waals surface area contributed by atoms with Crippen molar-refractivity contribution in [2.24, 2.45) is 5.41 Å². The molecule has 2 saturated carbocycles. The van der Waals surface area contributed by atoms with Gasteiger partial charge in [-0.3, -0.25) is 9.88 Å². The third-order valence-electron chi connectivity index (χ3n) is 11.9. The molecule has 2 bridgehead atoms. The van der Waals surface area contributed by atoms with Crippen molar-refractivity contribution in [1.29, 1.82) is 0 Å². The van der Waals surface area contributed by atoms with E-state index in [0.29, 0.717) is 29.6 Å². The van der Waals surface area contributed by atoms with Gasteiger partial charge >= 0.3 is 6.01 Å². The number of terminal acetylenes is 1. The first kappa shape index (κ1) is 27.0. The molecule has 234 valence electrons. The van der Waals surface area contributed by atoms with Crippen LogP contribution >= 0.6 is 0 Å². The summed E-state index contributed by atoms with van der Waals surface area (Å²) in [4.78, 5) is 18.5. The predicted molar refractivity (Wildman–Crippen MR) is 163 cm³/mol. The fourth-order valence-electron chi connectivity index (χ4n) is 10.0. The van der Waals surface area contributed by atoms with Gasteiger partial charge in [-0.1, -0.05) is 12.0 Å². The van der Waals surface area contributed by atoms with Gasteiger partial charge in [-0.2, -0.15) is 9.97 Å². The number of piperidine rings is 1. The van der Waals surface area contributed by atoms with Gasteiger partial charge in [0.2, 0.25) is 0 Å². The van der Waals surface area contributed by atoms with Crippen LogP contribution in [0, 0.1) is 29.4 Å². The first-order valence-electron chi connectivity index (χ1n) is 16.0. The average Bonchev–Trinajstić information content (AvgIpc) is 3.76. The maximum absolute atomic E-state index is 16.9. The van der Waals surface area contributed by atoms with Crippen LogP contribution in [0.2, 0.25) is 0 Å². The van der Waals surface area contributed by atoms with Crippen molar-refractivity contribution in [1.82, 2.24) is 19.9 Å². The van der Waals surface area contributed by atoms with Gasteiger partial charge in [0.15, 0.2) is 5.82 Å². The highest BCUT2D eigenvalue weighted by Crippen LogP contribution is 2.71. The fraction of sp³-hybridized carbons (Fsp3) is 0.457. The number of hydrogen-bond acceptors (Lipinski definition) is 8. The number of anilines is 1. The van der Waals surface area contributed by atoms with E-state index in [-0.39, 0.29) is 75.8 Å². The average molecular weight is 626 g/mol. The van der Waals surface area contributed by atoms with Crippen molar-refractivity contribution in [2.75, 3.05) is 24.6 Å². The monoisotopic (exact) mass is 625 g/mol. The van der Waals surface area contributed by atoms with Gasteiger partial charge in [-0.25, -0.2) is 13.2 Å². The zero-order chi connectivity index (χ0) is 31.1. The molecule has 2 aliphatic carbocycles. The number of pyridine rings is 1. The molecule has 6 heterocycles. The maximum Gasteiger partial charge on any atom is 0.319 e. The molecule has 11 heteroatoms. The van der Waals surface area contributed by atoms with Crippen molar-refractivity contribution >= 4 is 27.5 Å². The van der Waals surface area contributed by atoms with Gasteiger partial charge in [-0.15, -0.1) is 6.42 Å². The summed E-state index contributed by atoms with van der Waals surface area (Å²) < 4.78 is 58.7. The van der Waals surface area contributed by atoms with Crippen molar-refractivity contribution in [3.8, 4) is 35.4 Å². The Morgan fingerprint density at radius 3 is 2.87 bits per heavy atom. The van der Waals surface area contributed by atoms with Crippen LogP contribution in [0.3, 0.4) is 0 Å². The molecule has 1 N–H and O–H groups in total. The summed E-state index contributed by atoms with van der Waals surface area (Å²) in [5.41, 5.74) is -0.325. The van der Waals surface area contributed by atoms with Gasteiger partial charge in [0.05, 0.1) is 28.7 Å². The normalized spacial score (nSPS) is 33.6. The van der Waals surface area contributed by atoms with E-state index in [1.165, 1.54) is 24.3 Å². The van der Waals surface area contributed by atoms with Crippen LogP contribution in [0.25, 0.3) is 32.9 Å². The van der Waals surface area contributed by atoms with E-state index >= 15 is 4.39 Å². The summed E-state index contributed by atoms with van der Waals surface area (Å²) in [5.74, 6) is 1.42. The fourth-order valence-corrected chi connectivity index (χ4v) is 10.0. The number of ether oxygens (including phenoxy) is 2. The number of rotatable bonds is 5. The van der Waals surface area contributed by atoms with E-state index in [0.717, 1.165) is 38.6 Å². The molecule has 4 saturated heterocycles. The molecule has 5 unspecified atom stereocenters. The molecule has 46 heavy (non-hydrogen) atoms. The Morgan fingerprint density at radius 1 is 1.15 bits per heavy atom. The number of alkyl halides is 1. The largest absolute Gasteiger partial charge is 0.508 e. The summed E-state index contributed by atoms with van der Waals surface area (Å²) in [6.45, 7) is 1.41. The Bertz CT molecular complexity index is 2050. The number of aromatic hydroxyl groups is 1. The highest BCUT2D eigenvalue weighted by molar-refractivity contribution is 6.03. The lowest BCUT2D eigenvalue weighted by molar-refractivity contribution is -0.162. The van der Waals surface area contributed by atoms with Crippen molar-refractivity contribution in [2.45, 2.75) is 74.5 Å². The number of nitrogens with zero attached hydrogens (tertiary/aromatic N) is 5. The molecule has 2 aromatic heterocycles. The standard InChI is InChI=1S/C35H30F3N5O3/c1-2-21-24(37)5-4-17-8-19(44)9-22(28(17)21)30-29(38)31-23(14-39-30)32(43-25-10-20-13-35(25)26(43)11-27(35)46-20)41-33(40-31)45-16-34-6-3-7-42(34)15-18(36)12-34/h1,4-5,8-9,14,18,20,25-27,44H,3,6-7,10-13,15-16H2/t18-,20?,25?,26?,27?,34+,35?/m1/s1. The number of halogens is 3. The van der Waals surface area contributed by atoms with Crippen LogP contribution < -0.4 is 9.64 Å². The minimum atomic E-state index is -0.915. The Labute approximate surface area is 262 Å². The third kappa shape index (κ3) is 3.31. The van der Waals surface area contributed by atoms with E-state index < -0.39 is 23.3 Å². The number of aromatic nitrogens is 3. The summed E-state index contributed by atoms with van der Waals surface area (Å²) in [6, 6.07) is 5.97. The maximum atomic E-state index is 16.9. The molecule has 6 fully saturated rings. The topological polar surface area (TPSA) is 83.8 Å². The van der Waals surface area contributed by atoms with E-state index in [2.05, 4.69) is 25.7 Å². The molecule has 8 nitrogen and oxygen atoms in total. The van der Waals surface area contributed by atoms with Crippen LogP contribution in [0.5, 0.6) is 11.8 Å². The molecule has 7 atom stereocenters. The van der Waals surface area contributed by atoms with Gasteiger partial charge in [0.25, 0.3) is 0 Å². The van der Waals surface area contributed by atoms with Gasteiger partial charge in [0, 0.05) is 47.6 Å². The van der Waals surface area contributed by atoms with Crippen molar-refractivity contribution < 1.29 is 27.8 Å². The van der Waals surface area contributed by atoms with Gasteiger partial charge < -0.3 is 19.5 Å². The Morgan fingerprint density at radius 2 is 2.02 bits per heavy atom. The first-order chi connectivity index (χ1) is 22.3. The minimum Gasteiger partial charge on any atom is -0.508 e. The number of hydrogen-bond donors (Lipinski definition) is 1. The van der Waals surface area contributed by atoms with Crippen molar-refractivity contribution in [3.63, 3.8) is 0 Å². The first-order valence-corrected chi connectivity index (χ1v) is 16.0. The lowest BCUT2D eigenvalue weighted by Crippen LogP contribution is -2.81. The quantitative estimate of drug-likeness (QED) is 0.301. The smallest absolute Gasteiger partial charge is 0.319 e. The molecule has 0 radical (unpaired) electrons. The third-order valence-corrected chi connectivity index (χ3v) is 11.9. The van der Waals surface area contributed by atoms with E-state index in [1.807, 2.05) is 0 Å². The second-order valence-corrected chi connectivity index (χ2v) is 14.0. The van der Waals surface area contributed by atoms with Crippen LogP contribution in [-0.2, 0) is 4.74 Å². The second kappa shape index (κ2) is 9.02. The molecule has 4 aliphatic heterocycles. The van der Waals surface area contributed by atoms with E-state index in [1.54, 1.807) is 6.20 Å². The van der Waals surface area contributed by atoms with E-state index in [4.69, 9.17) is 20.9 Å². The highest BCUT2D eigenvalue weighted by Gasteiger charge is 2.79. The lowest BCUT2D eigenvalue weighted by atomic mass is 9.51. The molecule has 0 amide bonds. The van der Waals surface area contributed by atoms with Crippen molar-refractivity contribution in [3.05, 3.63) is 47.7 Å². The Hall–Kier alpha value is -4.14. The number of phenolic OH excluding ortho intramolecular Hbond substituents is 1. The van der Waals surface area contributed by atoms with E-state index in [9.17, 15) is 13.9 Å². The molecule has 10 rings (SSSR count). The molecule has 4 aromatic rings. The summed E-state index contributed by atoms with van der Waals surface area (Å²) in [5, 5.41) is 11.7. The molecular weight excluding hydrogens is 595 g/mol. The van der Waals surface area contributed by atoms with Crippen LogP contribution in [0.1, 0.15) is 44.1 Å². The van der Waals surface area contributed by atoms with Crippen LogP contribution in [0.15, 0.2) is 30.5 Å². The second-order valence-electron chi connectivity index (χ2n) is 14.0. The van der Waals surface area contributed by atoms with Gasteiger partial charge in [-0.05, 0) is 62.2 Å². The summed E-state index contributed by atoms with van der Waals surface area (Å²) in [6.07, 6.45) is 11.8. The summed E-state index contributed by atoms with van der Waals surface area (Å²) >= 11 is 0. The molecule has 2 aromatic carbocycles. The van der Waals surface area contributed by atoms with Gasteiger partial charge in [0.1, 0.15) is 41.4 Å².